The highest BCUT2D eigenvalue weighted by molar-refractivity contribution is 5.98. The van der Waals surface area contributed by atoms with Gasteiger partial charge in [-0.05, 0) is 42.3 Å². The summed E-state index contributed by atoms with van der Waals surface area (Å²) in [5, 5.41) is 5.56. The molecule has 3 aromatic rings. The first kappa shape index (κ1) is 29.2. The van der Waals surface area contributed by atoms with Crippen LogP contribution in [0.5, 0.6) is 0 Å². The Bertz CT molecular complexity index is 1350. The number of nitrogens with one attached hydrogen (secondary N) is 2. The molecule has 1 unspecified atom stereocenters. The molecule has 0 radical (unpaired) electrons. The summed E-state index contributed by atoms with van der Waals surface area (Å²) in [5.41, 5.74) is 3.56. The number of hydrogen-bond acceptors (Lipinski definition) is 6. The molecule has 3 amide bonds. The SMILES string of the molecule is CC(=O)c1ccc(NC(=O)CC2C(=O)NCCN2C(=O)CN2CCN(C(c3ccccc3)c3ccccc3)CC2)cc1. The van der Waals surface area contributed by atoms with Crippen LogP contribution in [0, 0.1) is 0 Å². The lowest BCUT2D eigenvalue weighted by molar-refractivity contribution is -0.145. The van der Waals surface area contributed by atoms with E-state index in [9.17, 15) is 19.2 Å². The van der Waals surface area contributed by atoms with Crippen LogP contribution in [-0.2, 0) is 14.4 Å². The zero-order valence-corrected chi connectivity index (χ0v) is 23.9. The maximum Gasteiger partial charge on any atom is 0.243 e. The molecule has 9 heteroatoms. The van der Waals surface area contributed by atoms with Gasteiger partial charge in [-0.15, -0.1) is 0 Å². The smallest absolute Gasteiger partial charge is 0.243 e. The first-order valence-electron chi connectivity index (χ1n) is 14.4. The Labute approximate surface area is 246 Å². The summed E-state index contributed by atoms with van der Waals surface area (Å²) in [7, 11) is 0. The summed E-state index contributed by atoms with van der Waals surface area (Å²) in [4.78, 5) is 56.7. The van der Waals surface area contributed by atoms with Crippen molar-refractivity contribution >= 4 is 29.2 Å². The van der Waals surface area contributed by atoms with Gasteiger partial charge in [0.2, 0.25) is 17.7 Å². The van der Waals surface area contributed by atoms with Crippen molar-refractivity contribution in [1.82, 2.24) is 20.0 Å². The summed E-state index contributed by atoms with van der Waals surface area (Å²) in [6.45, 7) is 5.46. The maximum atomic E-state index is 13.4. The molecule has 0 aromatic heterocycles. The van der Waals surface area contributed by atoms with Gasteiger partial charge in [0.05, 0.1) is 19.0 Å². The Balaban J connectivity index is 1.18. The van der Waals surface area contributed by atoms with Crippen LogP contribution < -0.4 is 10.6 Å². The van der Waals surface area contributed by atoms with Gasteiger partial charge in [0.1, 0.15) is 6.04 Å². The van der Waals surface area contributed by atoms with Gasteiger partial charge in [0, 0.05) is 50.5 Å². The molecule has 2 aliphatic heterocycles. The van der Waals surface area contributed by atoms with E-state index >= 15 is 0 Å². The number of amides is 3. The van der Waals surface area contributed by atoms with E-state index in [1.165, 1.54) is 18.1 Å². The van der Waals surface area contributed by atoms with E-state index in [-0.39, 0.29) is 42.5 Å². The molecule has 2 fully saturated rings. The van der Waals surface area contributed by atoms with Gasteiger partial charge >= 0.3 is 0 Å². The van der Waals surface area contributed by atoms with Crippen molar-refractivity contribution in [2.45, 2.75) is 25.4 Å². The molecule has 0 saturated carbocycles. The summed E-state index contributed by atoms with van der Waals surface area (Å²) >= 11 is 0. The van der Waals surface area contributed by atoms with Crippen LogP contribution in [0.25, 0.3) is 0 Å². The average molecular weight is 568 g/mol. The minimum atomic E-state index is -0.871. The highest BCUT2D eigenvalue weighted by atomic mass is 16.2. The van der Waals surface area contributed by atoms with Crippen molar-refractivity contribution in [3.8, 4) is 0 Å². The van der Waals surface area contributed by atoms with Gasteiger partial charge in [-0.3, -0.25) is 29.0 Å². The maximum absolute atomic E-state index is 13.4. The van der Waals surface area contributed by atoms with E-state index in [1.807, 2.05) is 12.1 Å². The summed E-state index contributed by atoms with van der Waals surface area (Å²) in [6.07, 6.45) is -0.143. The third kappa shape index (κ3) is 7.10. The molecule has 2 heterocycles. The summed E-state index contributed by atoms with van der Waals surface area (Å²) < 4.78 is 0. The quantitative estimate of drug-likeness (QED) is 0.386. The van der Waals surface area contributed by atoms with Crippen molar-refractivity contribution in [2.75, 3.05) is 51.1 Å². The molecular formula is C33H37N5O4. The number of benzene rings is 3. The molecule has 9 nitrogen and oxygen atoms in total. The second kappa shape index (κ2) is 13.5. The number of hydrogen-bond donors (Lipinski definition) is 2. The predicted molar refractivity (Wildman–Crippen MR) is 161 cm³/mol. The predicted octanol–water partition coefficient (Wildman–Crippen LogP) is 2.95. The largest absolute Gasteiger partial charge is 0.353 e. The molecule has 2 saturated heterocycles. The third-order valence-electron chi connectivity index (χ3n) is 7.97. The van der Waals surface area contributed by atoms with E-state index < -0.39 is 6.04 Å². The fraction of sp³-hybridized carbons (Fsp3) is 0.333. The first-order valence-corrected chi connectivity index (χ1v) is 14.4. The molecule has 3 aromatic carbocycles. The zero-order chi connectivity index (χ0) is 29.5. The van der Waals surface area contributed by atoms with E-state index in [0.29, 0.717) is 24.3 Å². The lowest BCUT2D eigenvalue weighted by Crippen LogP contribution is -2.60. The van der Waals surface area contributed by atoms with Crippen molar-refractivity contribution < 1.29 is 19.2 Å². The zero-order valence-electron chi connectivity index (χ0n) is 23.9. The van der Waals surface area contributed by atoms with Crippen molar-refractivity contribution in [3.63, 3.8) is 0 Å². The highest BCUT2D eigenvalue weighted by Crippen LogP contribution is 2.29. The summed E-state index contributed by atoms with van der Waals surface area (Å²) in [5.74, 6) is -0.902. The Morgan fingerprint density at radius 1 is 0.833 bits per heavy atom. The number of Topliss-reactive ketones (excluding diaryl/α,β-unsaturated/α-hetero) is 1. The average Bonchev–Trinajstić information content (AvgIpc) is 3.00. The Morgan fingerprint density at radius 3 is 2.00 bits per heavy atom. The molecule has 1 atom stereocenters. The molecule has 218 valence electrons. The van der Waals surface area contributed by atoms with Crippen LogP contribution in [0.2, 0.25) is 0 Å². The first-order chi connectivity index (χ1) is 20.4. The van der Waals surface area contributed by atoms with Gasteiger partial charge in [-0.2, -0.15) is 0 Å². The number of anilines is 1. The molecule has 5 rings (SSSR count). The second-order valence-electron chi connectivity index (χ2n) is 10.8. The van der Waals surface area contributed by atoms with Crippen LogP contribution >= 0.6 is 0 Å². The standard InChI is InChI=1S/C33H37N5O4/c1-24(39)25-12-14-28(15-13-25)35-30(40)22-29-33(42)34-16-17-38(29)31(41)23-36-18-20-37(21-19-36)32(26-8-4-2-5-9-26)27-10-6-3-7-11-27/h2-15,29,32H,16-23H2,1H3,(H,34,42)(H,35,40). The van der Waals surface area contributed by atoms with Crippen molar-refractivity contribution in [2.24, 2.45) is 0 Å². The van der Waals surface area contributed by atoms with Crippen LogP contribution in [0.1, 0.15) is 40.9 Å². The van der Waals surface area contributed by atoms with Crippen LogP contribution in [-0.4, -0.2) is 90.1 Å². The topological polar surface area (TPSA) is 102 Å². The van der Waals surface area contributed by atoms with E-state index in [1.54, 1.807) is 29.2 Å². The van der Waals surface area contributed by atoms with E-state index in [4.69, 9.17) is 0 Å². The van der Waals surface area contributed by atoms with Gasteiger partial charge < -0.3 is 15.5 Å². The Morgan fingerprint density at radius 2 is 1.43 bits per heavy atom. The normalized spacial score (nSPS) is 18.0. The van der Waals surface area contributed by atoms with Gasteiger partial charge in [0.15, 0.2) is 5.78 Å². The fourth-order valence-corrected chi connectivity index (χ4v) is 5.74. The molecule has 0 aliphatic carbocycles. The Hall–Kier alpha value is -4.34. The molecule has 2 N–H and O–H groups in total. The lowest BCUT2D eigenvalue weighted by Gasteiger charge is -2.41. The fourth-order valence-electron chi connectivity index (χ4n) is 5.74. The monoisotopic (exact) mass is 567 g/mol. The van der Waals surface area contributed by atoms with Crippen molar-refractivity contribution in [1.29, 1.82) is 0 Å². The molecule has 42 heavy (non-hydrogen) atoms. The molecule has 0 spiro atoms. The number of ketones is 1. The highest BCUT2D eigenvalue weighted by Gasteiger charge is 2.36. The number of nitrogens with zero attached hydrogens (tertiary/aromatic N) is 3. The van der Waals surface area contributed by atoms with E-state index in [0.717, 1.165) is 26.2 Å². The number of rotatable bonds is 9. The van der Waals surface area contributed by atoms with E-state index in [2.05, 4.69) is 69.0 Å². The van der Waals surface area contributed by atoms with Gasteiger partial charge in [0.25, 0.3) is 0 Å². The Kier molecular flexibility index (Phi) is 9.41. The summed E-state index contributed by atoms with van der Waals surface area (Å²) in [6, 6.07) is 26.8. The number of carbonyl (C=O) groups is 4. The molecule has 0 bridgehead atoms. The lowest BCUT2D eigenvalue weighted by atomic mass is 9.96. The molecular weight excluding hydrogens is 530 g/mol. The van der Waals surface area contributed by atoms with Crippen LogP contribution in [0.4, 0.5) is 5.69 Å². The second-order valence-corrected chi connectivity index (χ2v) is 10.8. The van der Waals surface area contributed by atoms with Crippen LogP contribution in [0.3, 0.4) is 0 Å². The third-order valence-corrected chi connectivity index (χ3v) is 7.97. The number of carbonyl (C=O) groups excluding carboxylic acids is 4. The van der Waals surface area contributed by atoms with Gasteiger partial charge in [-0.25, -0.2) is 0 Å². The van der Waals surface area contributed by atoms with Crippen molar-refractivity contribution in [3.05, 3.63) is 102 Å². The molecule has 2 aliphatic rings. The van der Waals surface area contributed by atoms with Gasteiger partial charge in [-0.1, -0.05) is 60.7 Å². The number of piperazine rings is 2. The van der Waals surface area contributed by atoms with Crippen LogP contribution in [0.15, 0.2) is 84.9 Å². The minimum absolute atomic E-state index is 0.0606. The minimum Gasteiger partial charge on any atom is -0.353 e.